The first-order valence-electron chi connectivity index (χ1n) is 9.81. The van der Waals surface area contributed by atoms with Crippen LogP contribution in [0.4, 0.5) is 0 Å². The fourth-order valence-corrected chi connectivity index (χ4v) is 4.09. The monoisotopic (exact) mass is 391 g/mol. The zero-order chi connectivity index (χ0) is 20.4. The summed E-state index contributed by atoms with van der Waals surface area (Å²) in [5.74, 6) is -0.441. The van der Waals surface area contributed by atoms with E-state index in [4.69, 9.17) is 9.47 Å². The summed E-state index contributed by atoms with van der Waals surface area (Å²) < 4.78 is 10.3. The fraction of sp³-hybridized carbons (Fsp3) is 0.650. The van der Waals surface area contributed by atoms with E-state index >= 15 is 0 Å². The quantitative estimate of drug-likeness (QED) is 0.601. The highest BCUT2D eigenvalue weighted by molar-refractivity contribution is 6.03. The molecular weight excluding hydrogens is 362 g/mol. The van der Waals surface area contributed by atoms with Crippen molar-refractivity contribution >= 4 is 17.7 Å². The minimum Gasteiger partial charge on any atom is -0.465 e. The number of aromatic nitrogens is 1. The molecule has 0 aromatic carbocycles. The van der Waals surface area contributed by atoms with Gasteiger partial charge in [0.15, 0.2) is 5.78 Å². The predicted molar refractivity (Wildman–Crippen MR) is 103 cm³/mol. The number of esters is 1. The smallest absolute Gasteiger partial charge is 0.339 e. The molecule has 0 bridgehead atoms. The molecule has 0 radical (unpaired) electrons. The van der Waals surface area contributed by atoms with Crippen molar-refractivity contribution in [1.29, 1.82) is 0 Å². The molecule has 2 aliphatic rings. The Kier molecular flexibility index (Phi) is 6.20. The van der Waals surface area contributed by atoms with Gasteiger partial charge in [-0.1, -0.05) is 0 Å². The third-order valence-electron chi connectivity index (χ3n) is 5.83. The van der Waals surface area contributed by atoms with Gasteiger partial charge < -0.3 is 19.4 Å². The molecule has 1 N–H and O–H groups in total. The maximum absolute atomic E-state index is 13.0. The lowest BCUT2D eigenvalue weighted by Crippen LogP contribution is -2.54. The second-order valence-corrected chi connectivity index (χ2v) is 7.52. The van der Waals surface area contributed by atoms with Crippen LogP contribution in [0.25, 0.3) is 0 Å². The van der Waals surface area contributed by atoms with Crippen LogP contribution in [-0.2, 0) is 14.3 Å². The van der Waals surface area contributed by atoms with Gasteiger partial charge >= 0.3 is 5.97 Å². The third-order valence-corrected chi connectivity index (χ3v) is 5.83. The van der Waals surface area contributed by atoms with Crippen LogP contribution in [-0.4, -0.2) is 84.5 Å². The zero-order valence-electron chi connectivity index (χ0n) is 17.0. The van der Waals surface area contributed by atoms with E-state index < -0.39 is 5.97 Å². The number of nitrogens with one attached hydrogen (secondary N) is 1. The second-order valence-electron chi connectivity index (χ2n) is 7.52. The number of amides is 1. The molecule has 2 atom stereocenters. The normalized spacial score (nSPS) is 21.6. The van der Waals surface area contributed by atoms with Gasteiger partial charge in [0.2, 0.25) is 0 Å². The Morgan fingerprint density at radius 1 is 1.18 bits per heavy atom. The van der Waals surface area contributed by atoms with E-state index in [1.807, 2.05) is 11.8 Å². The molecule has 3 rings (SSSR count). The summed E-state index contributed by atoms with van der Waals surface area (Å²) in [5.41, 5.74) is 2.12. The first-order chi connectivity index (χ1) is 13.3. The average Bonchev–Trinajstić information content (AvgIpc) is 3.34. The highest BCUT2D eigenvalue weighted by Gasteiger charge is 2.34. The van der Waals surface area contributed by atoms with E-state index in [1.54, 1.807) is 13.8 Å². The minimum absolute atomic E-state index is 0.0605. The van der Waals surface area contributed by atoms with Crippen molar-refractivity contribution in [2.75, 3.05) is 39.9 Å². The molecule has 1 amide bonds. The number of H-pyrrole nitrogens is 1. The molecule has 8 nitrogen and oxygen atoms in total. The summed E-state index contributed by atoms with van der Waals surface area (Å²) in [6.07, 6.45) is 1.43. The van der Waals surface area contributed by atoms with Gasteiger partial charge in [-0.25, -0.2) is 4.79 Å². The standard InChI is InChI=1S/C20H29N3O5/c1-12-16(20(26)27-4)13(2)21-17(12)18(24)14(3)22-7-9-23(10-8-22)19(25)15-6-5-11-28-15/h14-15,21H,5-11H2,1-4H3. The van der Waals surface area contributed by atoms with Crippen LogP contribution in [0.1, 0.15) is 51.9 Å². The number of rotatable bonds is 5. The number of carbonyl (C=O) groups excluding carboxylic acids is 3. The fourth-order valence-electron chi connectivity index (χ4n) is 4.09. The second kappa shape index (κ2) is 8.45. The van der Waals surface area contributed by atoms with E-state index in [0.29, 0.717) is 55.3 Å². The Balaban J connectivity index is 1.63. The molecule has 2 fully saturated rings. The van der Waals surface area contributed by atoms with E-state index in [-0.39, 0.29) is 23.8 Å². The number of Topliss-reactive ketones (excluding diaryl/α,β-unsaturated/α-hetero) is 1. The summed E-state index contributed by atoms with van der Waals surface area (Å²) in [7, 11) is 1.33. The molecule has 0 aliphatic carbocycles. The summed E-state index contributed by atoms with van der Waals surface area (Å²) in [5, 5.41) is 0. The lowest BCUT2D eigenvalue weighted by atomic mass is 10.0. The molecule has 1 aromatic heterocycles. The molecule has 0 spiro atoms. The van der Waals surface area contributed by atoms with E-state index in [1.165, 1.54) is 7.11 Å². The molecule has 1 aromatic rings. The Morgan fingerprint density at radius 3 is 2.43 bits per heavy atom. The van der Waals surface area contributed by atoms with Crippen LogP contribution < -0.4 is 0 Å². The zero-order valence-corrected chi connectivity index (χ0v) is 17.0. The minimum atomic E-state index is -0.445. The Morgan fingerprint density at radius 2 is 1.86 bits per heavy atom. The van der Waals surface area contributed by atoms with Crippen molar-refractivity contribution in [3.63, 3.8) is 0 Å². The van der Waals surface area contributed by atoms with Gasteiger partial charge in [0.05, 0.1) is 24.4 Å². The SMILES string of the molecule is COC(=O)c1c(C)[nH]c(C(=O)C(C)N2CCN(C(=O)C3CCCO3)CC2)c1C. The maximum Gasteiger partial charge on any atom is 0.339 e. The molecule has 2 saturated heterocycles. The Bertz CT molecular complexity index is 758. The van der Waals surface area contributed by atoms with Crippen molar-refractivity contribution in [3.8, 4) is 0 Å². The van der Waals surface area contributed by atoms with E-state index in [0.717, 1.165) is 12.8 Å². The van der Waals surface area contributed by atoms with Gasteiger partial charge in [0.25, 0.3) is 5.91 Å². The van der Waals surface area contributed by atoms with Gasteiger partial charge in [0, 0.05) is 38.5 Å². The number of nitrogens with zero attached hydrogens (tertiary/aromatic N) is 2. The number of ether oxygens (including phenoxy) is 2. The van der Waals surface area contributed by atoms with Gasteiger partial charge in [-0.05, 0) is 39.2 Å². The van der Waals surface area contributed by atoms with Crippen molar-refractivity contribution in [3.05, 3.63) is 22.5 Å². The highest BCUT2D eigenvalue weighted by atomic mass is 16.5. The summed E-state index contributed by atoms with van der Waals surface area (Å²) in [6.45, 7) is 8.49. The topological polar surface area (TPSA) is 91.9 Å². The number of methoxy groups -OCH3 is 1. The van der Waals surface area contributed by atoms with Gasteiger partial charge in [-0.3, -0.25) is 14.5 Å². The van der Waals surface area contributed by atoms with Gasteiger partial charge in [-0.2, -0.15) is 0 Å². The largest absolute Gasteiger partial charge is 0.465 e. The van der Waals surface area contributed by atoms with Crippen LogP contribution in [0.2, 0.25) is 0 Å². The molecule has 8 heteroatoms. The van der Waals surface area contributed by atoms with Crippen molar-refractivity contribution < 1.29 is 23.9 Å². The predicted octanol–water partition coefficient (Wildman–Crippen LogP) is 1.31. The number of ketones is 1. The van der Waals surface area contributed by atoms with Gasteiger partial charge in [-0.15, -0.1) is 0 Å². The summed E-state index contributed by atoms with van der Waals surface area (Å²) >= 11 is 0. The molecule has 3 heterocycles. The average molecular weight is 391 g/mol. The molecule has 2 unspecified atom stereocenters. The first kappa shape index (κ1) is 20.5. The first-order valence-corrected chi connectivity index (χ1v) is 9.81. The lowest BCUT2D eigenvalue weighted by Gasteiger charge is -2.38. The van der Waals surface area contributed by atoms with Crippen molar-refractivity contribution in [2.24, 2.45) is 0 Å². The molecule has 0 saturated carbocycles. The highest BCUT2D eigenvalue weighted by Crippen LogP contribution is 2.22. The van der Waals surface area contributed by atoms with E-state index in [9.17, 15) is 14.4 Å². The summed E-state index contributed by atoms with van der Waals surface area (Å²) in [4.78, 5) is 44.4. The molecule has 28 heavy (non-hydrogen) atoms. The number of carbonyl (C=O) groups is 3. The molecule has 154 valence electrons. The van der Waals surface area contributed by atoms with Gasteiger partial charge in [0.1, 0.15) is 6.10 Å². The van der Waals surface area contributed by atoms with Crippen LogP contribution in [0.5, 0.6) is 0 Å². The third kappa shape index (κ3) is 3.84. The van der Waals surface area contributed by atoms with Crippen LogP contribution >= 0.6 is 0 Å². The number of aromatic amines is 1. The van der Waals surface area contributed by atoms with Crippen molar-refractivity contribution in [1.82, 2.24) is 14.8 Å². The van der Waals surface area contributed by atoms with E-state index in [2.05, 4.69) is 9.88 Å². The number of hydrogen-bond acceptors (Lipinski definition) is 6. The molecule has 2 aliphatic heterocycles. The molecular formula is C20H29N3O5. The maximum atomic E-state index is 13.0. The van der Waals surface area contributed by atoms with Crippen LogP contribution in [0.3, 0.4) is 0 Å². The van der Waals surface area contributed by atoms with Crippen LogP contribution in [0.15, 0.2) is 0 Å². The number of piperazine rings is 1. The van der Waals surface area contributed by atoms with Crippen LogP contribution in [0, 0.1) is 13.8 Å². The number of aryl methyl sites for hydroxylation is 1. The Hall–Kier alpha value is -2.19. The van der Waals surface area contributed by atoms with Crippen molar-refractivity contribution in [2.45, 2.75) is 45.8 Å². The summed E-state index contributed by atoms with van der Waals surface area (Å²) in [6, 6.07) is -0.345. The lowest BCUT2D eigenvalue weighted by molar-refractivity contribution is -0.142. The number of hydrogen-bond donors (Lipinski definition) is 1. The Labute approximate surface area is 165 Å².